The average molecular weight is 205 g/mol. The molecule has 0 atom stereocenters. The first-order valence-electron chi connectivity index (χ1n) is 4.58. The minimum atomic E-state index is 0.524. The third-order valence-corrected chi connectivity index (χ3v) is 1.94. The maximum atomic E-state index is 5.01. The number of methoxy groups -OCH3 is 1. The van der Waals surface area contributed by atoms with E-state index in [1.165, 1.54) is 0 Å². The Balaban J connectivity index is 2.99. The molecule has 0 spiro atoms. The van der Waals surface area contributed by atoms with E-state index in [2.05, 4.69) is 23.3 Å². The summed E-state index contributed by atoms with van der Waals surface area (Å²) in [5, 5.41) is 5.79. The second-order valence-corrected chi connectivity index (χ2v) is 3.01. The highest BCUT2D eigenvalue weighted by Gasteiger charge is 2.16. The van der Waals surface area contributed by atoms with Crippen LogP contribution in [0.2, 0.25) is 0 Å². The lowest BCUT2D eigenvalue weighted by atomic mass is 10.2. The molecule has 1 heterocycles. The zero-order valence-electron chi connectivity index (χ0n) is 9.32. The van der Waals surface area contributed by atoms with Crippen molar-refractivity contribution in [2.75, 3.05) is 7.11 Å². The molecule has 0 aromatic heterocycles. The normalized spacial score (nSPS) is 16.5. The Morgan fingerprint density at radius 2 is 2.33 bits per heavy atom. The lowest BCUT2D eigenvalue weighted by Crippen LogP contribution is -2.20. The van der Waals surface area contributed by atoms with Crippen molar-refractivity contribution < 1.29 is 4.74 Å². The van der Waals surface area contributed by atoms with Gasteiger partial charge in [-0.25, -0.2) is 10.0 Å². The first kappa shape index (κ1) is 11.2. The molecule has 1 aliphatic heterocycles. The molecule has 0 bridgehead atoms. The molecule has 4 nitrogen and oxygen atoms in total. The Labute approximate surface area is 89.9 Å². The number of hydrogen-bond acceptors (Lipinski definition) is 4. The number of nitrogens with zero attached hydrogens (tertiary/aromatic N) is 3. The van der Waals surface area contributed by atoms with Crippen molar-refractivity contribution in [3.63, 3.8) is 0 Å². The average Bonchev–Trinajstić information content (AvgIpc) is 2.22. The summed E-state index contributed by atoms with van der Waals surface area (Å²) < 4.78 is 5.01. The first-order valence-corrected chi connectivity index (χ1v) is 4.58. The topological polar surface area (TPSA) is 37.2 Å². The third-order valence-electron chi connectivity index (χ3n) is 1.94. The van der Waals surface area contributed by atoms with Crippen LogP contribution in [0.25, 0.3) is 0 Å². The van der Waals surface area contributed by atoms with Crippen LogP contribution in [-0.4, -0.2) is 24.0 Å². The van der Waals surface area contributed by atoms with Crippen molar-refractivity contribution in [1.29, 1.82) is 0 Å². The van der Waals surface area contributed by atoms with E-state index >= 15 is 0 Å². The van der Waals surface area contributed by atoms with Crippen LogP contribution in [0.3, 0.4) is 0 Å². The van der Waals surface area contributed by atoms with Crippen LogP contribution in [0.15, 0.2) is 46.6 Å². The molecule has 0 saturated carbocycles. The van der Waals surface area contributed by atoms with Crippen molar-refractivity contribution in [2.45, 2.75) is 13.8 Å². The van der Waals surface area contributed by atoms with Crippen LogP contribution in [0.5, 0.6) is 0 Å². The minimum absolute atomic E-state index is 0.524. The van der Waals surface area contributed by atoms with Gasteiger partial charge < -0.3 is 4.74 Å². The number of ether oxygens (including phenoxy) is 1. The molecule has 1 aliphatic rings. The van der Waals surface area contributed by atoms with Crippen molar-refractivity contribution >= 4 is 11.9 Å². The summed E-state index contributed by atoms with van der Waals surface area (Å²) in [5.74, 6) is 1.08. The number of hydrazone groups is 1. The number of allylic oxidation sites excluding steroid dienone is 2. The standard InChI is InChI=1S/C11H15N3O/c1-6-12-14-8(2)7-11(9(3)15-5)13-10(14)4/h6-7H,3-4H2,1-2,5H3/b12-6-. The SMILES string of the molecule is C=C(OC)C1=NC(=C)N(/N=C\C)C(C)=C1. The fourth-order valence-corrected chi connectivity index (χ4v) is 1.20. The molecule has 0 amide bonds. The summed E-state index contributed by atoms with van der Waals surface area (Å²) in [4.78, 5) is 4.24. The molecule has 0 saturated heterocycles. The van der Waals surface area contributed by atoms with Crippen molar-refractivity contribution in [3.05, 3.63) is 36.5 Å². The van der Waals surface area contributed by atoms with Crippen molar-refractivity contribution in [3.8, 4) is 0 Å². The summed E-state index contributed by atoms with van der Waals surface area (Å²) in [6, 6.07) is 0. The highest BCUT2D eigenvalue weighted by atomic mass is 16.5. The van der Waals surface area contributed by atoms with Crippen LogP contribution < -0.4 is 0 Å². The second-order valence-electron chi connectivity index (χ2n) is 3.01. The van der Waals surface area contributed by atoms with Gasteiger partial charge in [0.1, 0.15) is 17.3 Å². The lowest BCUT2D eigenvalue weighted by Gasteiger charge is -2.23. The van der Waals surface area contributed by atoms with E-state index in [1.807, 2.05) is 19.9 Å². The molecular weight excluding hydrogens is 190 g/mol. The predicted molar refractivity (Wildman–Crippen MR) is 62.5 cm³/mol. The maximum Gasteiger partial charge on any atom is 0.147 e. The van der Waals surface area contributed by atoms with Crippen LogP contribution in [0.1, 0.15) is 13.8 Å². The molecular formula is C11H15N3O. The quantitative estimate of drug-likeness (QED) is 0.523. The van der Waals surface area contributed by atoms with Gasteiger partial charge in [0, 0.05) is 11.9 Å². The minimum Gasteiger partial charge on any atom is -0.495 e. The maximum absolute atomic E-state index is 5.01. The van der Waals surface area contributed by atoms with E-state index in [0.29, 0.717) is 17.3 Å². The van der Waals surface area contributed by atoms with Crippen LogP contribution in [0.4, 0.5) is 0 Å². The van der Waals surface area contributed by atoms with E-state index in [4.69, 9.17) is 4.74 Å². The smallest absolute Gasteiger partial charge is 0.147 e. The van der Waals surface area contributed by atoms with Gasteiger partial charge in [0.15, 0.2) is 0 Å². The van der Waals surface area contributed by atoms with Gasteiger partial charge in [-0.3, -0.25) is 0 Å². The molecule has 80 valence electrons. The Hall–Kier alpha value is -1.84. The van der Waals surface area contributed by atoms with Crippen LogP contribution >= 0.6 is 0 Å². The predicted octanol–water partition coefficient (Wildman–Crippen LogP) is 2.28. The zero-order valence-corrected chi connectivity index (χ0v) is 9.32. The third kappa shape index (κ3) is 2.34. The molecule has 0 aromatic rings. The highest BCUT2D eigenvalue weighted by Crippen LogP contribution is 2.20. The molecule has 0 aromatic carbocycles. The van der Waals surface area contributed by atoms with Crippen molar-refractivity contribution in [2.24, 2.45) is 10.1 Å². The van der Waals surface area contributed by atoms with Gasteiger partial charge in [-0.1, -0.05) is 13.2 Å². The summed E-state index contributed by atoms with van der Waals surface area (Å²) in [6.07, 6.45) is 3.54. The Morgan fingerprint density at radius 1 is 1.67 bits per heavy atom. The largest absolute Gasteiger partial charge is 0.495 e. The number of hydrogen-bond donors (Lipinski definition) is 0. The molecule has 4 heteroatoms. The van der Waals surface area contributed by atoms with E-state index in [0.717, 1.165) is 5.70 Å². The summed E-state index contributed by atoms with van der Waals surface area (Å²) in [6.45, 7) is 11.3. The van der Waals surface area contributed by atoms with E-state index in [-0.39, 0.29) is 0 Å². The Morgan fingerprint density at radius 3 is 2.80 bits per heavy atom. The Bertz CT molecular complexity index is 377. The zero-order chi connectivity index (χ0) is 11.4. The lowest BCUT2D eigenvalue weighted by molar-refractivity contribution is 0.316. The summed E-state index contributed by atoms with van der Waals surface area (Å²) in [5.41, 5.74) is 1.61. The van der Waals surface area contributed by atoms with Crippen LogP contribution in [-0.2, 0) is 4.74 Å². The highest BCUT2D eigenvalue weighted by molar-refractivity contribution is 6.07. The first-order chi connectivity index (χ1) is 7.10. The molecule has 0 radical (unpaired) electrons. The van der Waals surface area contributed by atoms with Gasteiger partial charge in [0.25, 0.3) is 0 Å². The fraction of sp³-hybridized carbons (Fsp3) is 0.273. The summed E-state index contributed by atoms with van der Waals surface area (Å²) in [7, 11) is 1.56. The molecule has 0 aliphatic carbocycles. The number of rotatable bonds is 3. The van der Waals surface area contributed by atoms with Gasteiger partial charge in [0.05, 0.1) is 7.11 Å². The molecule has 0 unspecified atom stereocenters. The summed E-state index contributed by atoms with van der Waals surface area (Å²) >= 11 is 0. The van der Waals surface area contributed by atoms with Gasteiger partial charge >= 0.3 is 0 Å². The van der Waals surface area contributed by atoms with E-state index in [1.54, 1.807) is 18.3 Å². The molecule has 1 rings (SSSR count). The molecule has 0 fully saturated rings. The van der Waals surface area contributed by atoms with E-state index in [9.17, 15) is 0 Å². The molecule has 15 heavy (non-hydrogen) atoms. The van der Waals surface area contributed by atoms with Crippen molar-refractivity contribution in [1.82, 2.24) is 5.01 Å². The van der Waals surface area contributed by atoms with Gasteiger partial charge in [0.2, 0.25) is 0 Å². The Kier molecular flexibility index (Phi) is 3.44. The fourth-order valence-electron chi connectivity index (χ4n) is 1.20. The van der Waals surface area contributed by atoms with Gasteiger partial charge in [-0.05, 0) is 19.9 Å². The monoisotopic (exact) mass is 205 g/mol. The second kappa shape index (κ2) is 4.59. The van der Waals surface area contributed by atoms with E-state index < -0.39 is 0 Å². The van der Waals surface area contributed by atoms with Crippen LogP contribution in [0, 0.1) is 0 Å². The molecule has 0 N–H and O–H groups in total. The number of aliphatic imine (C=N–C) groups is 1. The van der Waals surface area contributed by atoms with Gasteiger partial charge in [-0.15, -0.1) is 0 Å². The van der Waals surface area contributed by atoms with Gasteiger partial charge in [-0.2, -0.15) is 5.10 Å².